The lowest BCUT2D eigenvalue weighted by Crippen LogP contribution is -2.35. The third-order valence-electron chi connectivity index (χ3n) is 6.98. The maximum absolute atomic E-state index is 3.73. The van der Waals surface area contributed by atoms with E-state index in [2.05, 4.69) is 71.4 Å². The van der Waals surface area contributed by atoms with Gasteiger partial charge in [-0.15, -0.1) is 11.8 Å². The van der Waals surface area contributed by atoms with Crippen LogP contribution in [0.3, 0.4) is 0 Å². The quantitative estimate of drug-likeness (QED) is 0.323. The second kappa shape index (κ2) is 9.67. The fourth-order valence-corrected chi connectivity index (χ4v) is 6.24. The van der Waals surface area contributed by atoms with Crippen LogP contribution in [0, 0.1) is 5.92 Å². The van der Waals surface area contributed by atoms with Crippen molar-refractivity contribution in [1.29, 1.82) is 0 Å². The van der Waals surface area contributed by atoms with Gasteiger partial charge in [-0.25, -0.2) is 0 Å². The Bertz CT molecular complexity index is 1050. The molecule has 0 fully saturated rings. The molecule has 1 aliphatic heterocycles. The number of aryl methyl sites for hydroxylation is 1. The number of H-pyrrole nitrogens is 1. The minimum absolute atomic E-state index is 0.773. The number of unbranched alkanes of at least 4 members (excludes halogenated alkanes) is 1. The number of nitrogens with one attached hydrogen (secondary N) is 1. The number of aromatic amines is 1. The van der Waals surface area contributed by atoms with Gasteiger partial charge >= 0.3 is 0 Å². The molecule has 31 heavy (non-hydrogen) atoms. The summed E-state index contributed by atoms with van der Waals surface area (Å²) in [5.41, 5.74) is 7.34. The summed E-state index contributed by atoms with van der Waals surface area (Å²) in [4.78, 5) is 7.83. The van der Waals surface area contributed by atoms with Crippen LogP contribution in [0.5, 0.6) is 0 Å². The maximum atomic E-state index is 3.73. The number of rotatable bonds is 7. The van der Waals surface area contributed by atoms with Gasteiger partial charge in [-0.05, 0) is 78.7 Å². The third kappa shape index (κ3) is 4.78. The first-order chi connectivity index (χ1) is 15.3. The Hall–Kier alpha value is -1.97. The standard InChI is InChI=1S/C28H34N2S/c1-2-3-17-31-24-10-12-28-26(19-24)25-18-21(9-11-27(25)29-28)20-30-15-13-23(14-16-30)22-7-5-4-6-8-22/h4-8,10,12-13,19,21,29H,2-3,9,11,14-18,20H2,1H3. The number of aromatic nitrogens is 1. The van der Waals surface area contributed by atoms with Crippen molar-refractivity contribution in [2.45, 2.75) is 50.3 Å². The second-order valence-corrected chi connectivity index (χ2v) is 10.4. The van der Waals surface area contributed by atoms with E-state index < -0.39 is 0 Å². The molecule has 0 bridgehead atoms. The second-order valence-electron chi connectivity index (χ2n) is 9.21. The maximum Gasteiger partial charge on any atom is 0.0459 e. The number of thioether (sulfide) groups is 1. The van der Waals surface area contributed by atoms with Gasteiger partial charge in [-0.3, -0.25) is 4.90 Å². The fraction of sp³-hybridized carbons (Fsp3) is 0.429. The monoisotopic (exact) mass is 430 g/mol. The number of fused-ring (bicyclic) bond motifs is 3. The van der Waals surface area contributed by atoms with E-state index in [9.17, 15) is 0 Å². The van der Waals surface area contributed by atoms with E-state index in [0.717, 1.165) is 12.5 Å². The van der Waals surface area contributed by atoms with Crippen LogP contribution < -0.4 is 0 Å². The van der Waals surface area contributed by atoms with Gasteiger partial charge in [0.2, 0.25) is 0 Å². The number of nitrogens with zero attached hydrogens (tertiary/aromatic N) is 1. The molecule has 3 aromatic rings. The molecule has 0 radical (unpaired) electrons. The van der Waals surface area contributed by atoms with Gasteiger partial charge in [0.15, 0.2) is 0 Å². The Balaban J connectivity index is 1.24. The Morgan fingerprint density at radius 3 is 2.81 bits per heavy atom. The lowest BCUT2D eigenvalue weighted by Gasteiger charge is -2.32. The average molecular weight is 431 g/mol. The predicted molar refractivity (Wildman–Crippen MR) is 135 cm³/mol. The van der Waals surface area contributed by atoms with Crippen LogP contribution in [0.25, 0.3) is 16.5 Å². The molecule has 2 aromatic carbocycles. The molecule has 1 unspecified atom stereocenters. The van der Waals surface area contributed by atoms with Crippen LogP contribution in [-0.2, 0) is 12.8 Å². The fourth-order valence-electron chi connectivity index (χ4n) is 5.20. The summed E-state index contributed by atoms with van der Waals surface area (Å²) in [6.45, 7) is 5.79. The van der Waals surface area contributed by atoms with Gasteiger partial charge in [0.05, 0.1) is 0 Å². The smallest absolute Gasteiger partial charge is 0.0459 e. The first kappa shape index (κ1) is 20.9. The van der Waals surface area contributed by atoms with E-state index in [1.165, 1.54) is 90.0 Å². The summed E-state index contributed by atoms with van der Waals surface area (Å²) in [6, 6.07) is 17.9. The molecule has 5 rings (SSSR count). The van der Waals surface area contributed by atoms with Crippen LogP contribution in [0.4, 0.5) is 0 Å². The van der Waals surface area contributed by atoms with E-state index in [0.29, 0.717) is 0 Å². The highest BCUT2D eigenvalue weighted by molar-refractivity contribution is 7.99. The molecule has 2 nitrogen and oxygen atoms in total. The first-order valence-corrected chi connectivity index (χ1v) is 13.0. The zero-order chi connectivity index (χ0) is 21.0. The van der Waals surface area contributed by atoms with Crippen molar-refractivity contribution in [3.63, 3.8) is 0 Å². The molecular formula is C28H34N2S. The van der Waals surface area contributed by atoms with Gasteiger partial charge in [0, 0.05) is 41.1 Å². The lowest BCUT2D eigenvalue weighted by molar-refractivity contribution is 0.238. The molecule has 0 spiro atoms. The first-order valence-electron chi connectivity index (χ1n) is 12.0. The van der Waals surface area contributed by atoms with Crippen molar-refractivity contribution in [2.24, 2.45) is 5.92 Å². The normalized spacial score (nSPS) is 19.4. The van der Waals surface area contributed by atoms with Crippen molar-refractivity contribution < 1.29 is 0 Å². The number of benzene rings is 2. The van der Waals surface area contributed by atoms with Crippen molar-refractivity contribution in [2.75, 3.05) is 25.4 Å². The average Bonchev–Trinajstić information content (AvgIpc) is 3.18. The zero-order valence-electron chi connectivity index (χ0n) is 18.7. The molecule has 0 amide bonds. The van der Waals surface area contributed by atoms with Gasteiger partial charge in [0.1, 0.15) is 0 Å². The molecule has 3 heteroatoms. The summed E-state index contributed by atoms with van der Waals surface area (Å²) in [5, 5.41) is 1.48. The summed E-state index contributed by atoms with van der Waals surface area (Å²) in [7, 11) is 0. The van der Waals surface area contributed by atoms with E-state index in [1.54, 1.807) is 5.56 Å². The highest BCUT2D eigenvalue weighted by Crippen LogP contribution is 2.35. The Kier molecular flexibility index (Phi) is 6.52. The molecule has 0 saturated carbocycles. The highest BCUT2D eigenvalue weighted by Gasteiger charge is 2.25. The van der Waals surface area contributed by atoms with E-state index in [4.69, 9.17) is 0 Å². The minimum atomic E-state index is 0.773. The summed E-state index contributed by atoms with van der Waals surface area (Å²) in [6.07, 6.45) is 9.94. The summed E-state index contributed by atoms with van der Waals surface area (Å²) < 4.78 is 0. The number of hydrogen-bond acceptors (Lipinski definition) is 2. The molecule has 1 N–H and O–H groups in total. The van der Waals surface area contributed by atoms with Crippen molar-refractivity contribution in [3.8, 4) is 0 Å². The van der Waals surface area contributed by atoms with Crippen molar-refractivity contribution in [3.05, 3.63) is 71.4 Å². The van der Waals surface area contributed by atoms with Crippen LogP contribution in [0.15, 0.2) is 59.5 Å². The van der Waals surface area contributed by atoms with Gasteiger partial charge in [-0.1, -0.05) is 49.8 Å². The van der Waals surface area contributed by atoms with Crippen molar-refractivity contribution >= 4 is 28.2 Å². The zero-order valence-corrected chi connectivity index (χ0v) is 19.5. The van der Waals surface area contributed by atoms with E-state index in [-0.39, 0.29) is 0 Å². The third-order valence-corrected chi connectivity index (χ3v) is 8.06. The van der Waals surface area contributed by atoms with Gasteiger partial charge < -0.3 is 4.98 Å². The number of hydrogen-bond donors (Lipinski definition) is 1. The lowest BCUT2D eigenvalue weighted by atomic mass is 9.85. The van der Waals surface area contributed by atoms with Crippen LogP contribution in [-0.4, -0.2) is 35.3 Å². The molecule has 1 aliphatic carbocycles. The molecule has 2 heterocycles. The largest absolute Gasteiger partial charge is 0.358 e. The molecule has 162 valence electrons. The highest BCUT2D eigenvalue weighted by atomic mass is 32.2. The van der Waals surface area contributed by atoms with Gasteiger partial charge in [0.25, 0.3) is 0 Å². The SMILES string of the molecule is CCCCSc1ccc2[nH]c3c(c2c1)CC(CN1CC=C(c2ccccc2)CC1)CC3. The van der Waals surface area contributed by atoms with E-state index in [1.807, 2.05) is 11.8 Å². The molecule has 2 aliphatic rings. The Morgan fingerprint density at radius 1 is 1.10 bits per heavy atom. The summed E-state index contributed by atoms with van der Waals surface area (Å²) in [5.74, 6) is 2.00. The Labute approximate surface area is 191 Å². The molecule has 1 aromatic heterocycles. The van der Waals surface area contributed by atoms with Gasteiger partial charge in [-0.2, -0.15) is 0 Å². The minimum Gasteiger partial charge on any atom is -0.358 e. The van der Waals surface area contributed by atoms with E-state index >= 15 is 0 Å². The summed E-state index contributed by atoms with van der Waals surface area (Å²) >= 11 is 2.01. The molecule has 0 saturated heterocycles. The Morgan fingerprint density at radius 2 is 2.00 bits per heavy atom. The topological polar surface area (TPSA) is 19.0 Å². The molecule has 1 atom stereocenters. The van der Waals surface area contributed by atoms with Crippen molar-refractivity contribution in [1.82, 2.24) is 9.88 Å². The molecular weight excluding hydrogens is 396 g/mol. The van der Waals surface area contributed by atoms with Crippen LogP contribution in [0.2, 0.25) is 0 Å². The van der Waals surface area contributed by atoms with Crippen LogP contribution in [0.1, 0.15) is 49.4 Å². The predicted octanol–water partition coefficient (Wildman–Crippen LogP) is 6.95. The van der Waals surface area contributed by atoms with Crippen LogP contribution >= 0.6 is 11.8 Å².